The topological polar surface area (TPSA) is 120 Å². The summed E-state index contributed by atoms with van der Waals surface area (Å²) in [5, 5.41) is 14.0. The maximum absolute atomic E-state index is 12.5. The van der Waals surface area contributed by atoms with Gasteiger partial charge in [-0.25, -0.2) is 9.78 Å². The molecule has 0 saturated carbocycles. The zero-order valence-corrected chi connectivity index (χ0v) is 16.9. The van der Waals surface area contributed by atoms with Gasteiger partial charge in [0.25, 0.3) is 5.69 Å². The van der Waals surface area contributed by atoms with Crippen molar-refractivity contribution in [3.8, 4) is 0 Å². The fourth-order valence-electron chi connectivity index (χ4n) is 3.18. The van der Waals surface area contributed by atoms with Crippen LogP contribution in [0.25, 0.3) is 21.3 Å². The molecule has 0 unspecified atom stereocenters. The molecule has 2 aromatic heterocycles. The number of hydrogen-bond donors (Lipinski definition) is 1. The van der Waals surface area contributed by atoms with E-state index in [1.54, 1.807) is 0 Å². The summed E-state index contributed by atoms with van der Waals surface area (Å²) in [6, 6.07) is 9.87. The molecule has 154 valence electrons. The Hall–Kier alpha value is -3.53. The van der Waals surface area contributed by atoms with Gasteiger partial charge in [-0.15, -0.1) is 0 Å². The van der Waals surface area contributed by atoms with Gasteiger partial charge in [-0.3, -0.25) is 19.5 Å². The molecule has 1 N–H and O–H groups in total. The number of nitro groups is 1. The number of aromatic nitrogens is 2. The Balaban J connectivity index is 1.52. The fraction of sp³-hybridized carbons (Fsp3) is 0.250. The van der Waals surface area contributed by atoms with Crippen molar-refractivity contribution in [1.29, 1.82) is 0 Å². The van der Waals surface area contributed by atoms with Gasteiger partial charge in [-0.05, 0) is 36.6 Å². The van der Waals surface area contributed by atoms with Crippen LogP contribution in [0, 0.1) is 10.1 Å². The maximum atomic E-state index is 12.5. The molecule has 2 aromatic carbocycles. The summed E-state index contributed by atoms with van der Waals surface area (Å²) in [6.07, 6.45) is 3.24. The van der Waals surface area contributed by atoms with Crippen molar-refractivity contribution in [2.24, 2.45) is 0 Å². The first kappa shape index (κ1) is 19.8. The third-order valence-corrected chi connectivity index (χ3v) is 5.62. The molecule has 2 heterocycles. The molecule has 0 aliphatic carbocycles. The molecule has 9 nitrogen and oxygen atoms in total. The van der Waals surface area contributed by atoms with Crippen LogP contribution in [-0.2, 0) is 17.8 Å². The minimum absolute atomic E-state index is 0.0570. The van der Waals surface area contributed by atoms with Crippen LogP contribution in [0.3, 0.4) is 0 Å². The van der Waals surface area contributed by atoms with Gasteiger partial charge in [0.1, 0.15) is 6.54 Å². The first-order valence-electron chi connectivity index (χ1n) is 9.41. The summed E-state index contributed by atoms with van der Waals surface area (Å²) in [5.41, 5.74) is 2.21. The van der Waals surface area contributed by atoms with E-state index in [1.165, 1.54) is 29.0 Å². The average Bonchev–Trinajstić information content (AvgIpc) is 3.25. The van der Waals surface area contributed by atoms with Crippen LogP contribution in [-0.4, -0.2) is 20.4 Å². The molecule has 10 heteroatoms. The van der Waals surface area contributed by atoms with Crippen LogP contribution in [0.5, 0.6) is 0 Å². The smallest absolute Gasteiger partial charge is 0.407 e. The molecular weight excluding hydrogens is 408 g/mol. The number of fused-ring (bicyclic) bond motifs is 2. The number of nitro benzene ring substituents is 1. The zero-order valence-electron chi connectivity index (χ0n) is 16.1. The number of carbonyl (C=O) groups excluding carboxylic acids is 1. The van der Waals surface area contributed by atoms with Crippen LogP contribution in [0.1, 0.15) is 25.3 Å². The summed E-state index contributed by atoms with van der Waals surface area (Å²) in [6.45, 7) is 1.86. The largest absolute Gasteiger partial charge is 0.420 e. The van der Waals surface area contributed by atoms with E-state index in [0.29, 0.717) is 10.6 Å². The van der Waals surface area contributed by atoms with Crippen LogP contribution >= 0.6 is 11.3 Å². The van der Waals surface area contributed by atoms with Crippen LogP contribution in [0.15, 0.2) is 45.6 Å². The molecule has 0 saturated heterocycles. The molecule has 30 heavy (non-hydrogen) atoms. The second-order valence-corrected chi connectivity index (χ2v) is 7.87. The number of nitrogens with zero attached hydrogens (tertiary/aromatic N) is 3. The molecule has 4 rings (SSSR count). The predicted molar refractivity (Wildman–Crippen MR) is 114 cm³/mol. The molecule has 0 aliphatic heterocycles. The highest BCUT2D eigenvalue weighted by Gasteiger charge is 2.17. The van der Waals surface area contributed by atoms with Gasteiger partial charge in [-0.2, -0.15) is 0 Å². The summed E-state index contributed by atoms with van der Waals surface area (Å²) in [7, 11) is 0. The second kappa shape index (κ2) is 8.07. The number of carbonyl (C=O) groups is 1. The number of aryl methyl sites for hydroxylation is 1. The minimum Gasteiger partial charge on any atom is -0.407 e. The first-order valence-corrected chi connectivity index (χ1v) is 10.2. The van der Waals surface area contributed by atoms with Crippen molar-refractivity contribution in [3.63, 3.8) is 0 Å². The van der Waals surface area contributed by atoms with Gasteiger partial charge < -0.3 is 9.73 Å². The quantitative estimate of drug-likeness (QED) is 0.351. The van der Waals surface area contributed by atoms with Crippen molar-refractivity contribution >= 4 is 49.4 Å². The third kappa shape index (κ3) is 3.94. The number of unbranched alkanes of at least 4 members (excludes halogenated alkanes) is 1. The van der Waals surface area contributed by atoms with Gasteiger partial charge in [0.2, 0.25) is 5.91 Å². The average molecular weight is 426 g/mol. The first-order chi connectivity index (χ1) is 14.4. The van der Waals surface area contributed by atoms with Crippen molar-refractivity contribution in [1.82, 2.24) is 9.55 Å². The minimum atomic E-state index is -0.759. The number of amides is 1. The summed E-state index contributed by atoms with van der Waals surface area (Å²) >= 11 is 1.37. The maximum Gasteiger partial charge on any atom is 0.420 e. The predicted octanol–water partition coefficient (Wildman–Crippen LogP) is 4.09. The van der Waals surface area contributed by atoms with E-state index in [1.807, 2.05) is 12.1 Å². The lowest BCUT2D eigenvalue weighted by molar-refractivity contribution is -0.384. The molecule has 0 fully saturated rings. The summed E-state index contributed by atoms with van der Waals surface area (Å²) in [4.78, 5) is 39.3. The molecular formula is C20H18N4O5S. The lowest BCUT2D eigenvalue weighted by Crippen LogP contribution is -2.24. The van der Waals surface area contributed by atoms with Crippen LogP contribution < -0.4 is 11.1 Å². The van der Waals surface area contributed by atoms with Crippen molar-refractivity contribution in [2.75, 3.05) is 5.32 Å². The second-order valence-electron chi connectivity index (χ2n) is 6.84. The standard InChI is InChI=1S/C20H18N4O5S/c1-2-3-4-12-5-7-14-17(9-12)30-19(21-14)22-18(25)11-23-15-8-6-13(24(27)28)10-16(15)29-20(23)26/h5-10H,2-4,11H2,1H3,(H,21,22,25). The Morgan fingerprint density at radius 1 is 1.30 bits per heavy atom. The zero-order chi connectivity index (χ0) is 21.3. The number of nitrogens with one attached hydrogen (secondary N) is 1. The highest BCUT2D eigenvalue weighted by Crippen LogP contribution is 2.27. The Morgan fingerprint density at radius 2 is 2.13 bits per heavy atom. The highest BCUT2D eigenvalue weighted by molar-refractivity contribution is 7.22. The number of rotatable bonds is 7. The molecule has 4 aromatic rings. The normalized spacial score (nSPS) is 11.2. The SMILES string of the molecule is CCCCc1ccc2nc(NC(=O)Cn3c(=O)oc4cc([N+](=O)[O-])ccc43)sc2c1. The molecule has 0 radical (unpaired) electrons. The Kier molecular flexibility index (Phi) is 5.32. The van der Waals surface area contributed by atoms with Crippen molar-refractivity contribution in [2.45, 2.75) is 32.7 Å². The number of non-ortho nitro benzene ring substituents is 1. The third-order valence-electron chi connectivity index (χ3n) is 4.68. The Morgan fingerprint density at radius 3 is 2.90 bits per heavy atom. The van der Waals surface area contributed by atoms with E-state index >= 15 is 0 Å². The van der Waals surface area contributed by atoms with E-state index in [0.717, 1.165) is 40.1 Å². The molecule has 1 amide bonds. The van der Waals surface area contributed by atoms with Crippen molar-refractivity contribution < 1.29 is 14.1 Å². The number of benzene rings is 2. The highest BCUT2D eigenvalue weighted by atomic mass is 32.1. The van der Waals surface area contributed by atoms with Gasteiger partial charge in [0.15, 0.2) is 10.7 Å². The number of anilines is 1. The fourth-order valence-corrected chi connectivity index (χ4v) is 4.13. The van der Waals surface area contributed by atoms with E-state index in [9.17, 15) is 19.7 Å². The molecule has 0 aliphatic rings. The van der Waals surface area contributed by atoms with Gasteiger partial charge >= 0.3 is 5.76 Å². The molecule has 0 spiro atoms. The number of hydrogen-bond acceptors (Lipinski definition) is 7. The van der Waals surface area contributed by atoms with Crippen molar-refractivity contribution in [3.05, 3.63) is 62.6 Å². The summed E-state index contributed by atoms with van der Waals surface area (Å²) < 4.78 is 7.16. The van der Waals surface area contributed by atoms with E-state index in [2.05, 4.69) is 23.3 Å². The van der Waals surface area contributed by atoms with E-state index in [4.69, 9.17) is 4.42 Å². The summed E-state index contributed by atoms with van der Waals surface area (Å²) in [5.74, 6) is -1.20. The Bertz CT molecular complexity index is 1320. The monoisotopic (exact) mass is 426 g/mol. The number of oxazole rings is 1. The van der Waals surface area contributed by atoms with Gasteiger partial charge in [-0.1, -0.05) is 30.7 Å². The Labute approximate surface area is 174 Å². The van der Waals surface area contributed by atoms with E-state index in [-0.39, 0.29) is 17.8 Å². The van der Waals surface area contributed by atoms with E-state index < -0.39 is 16.6 Å². The van der Waals surface area contributed by atoms with Gasteiger partial charge in [0, 0.05) is 6.07 Å². The number of thiazole rings is 1. The lowest BCUT2D eigenvalue weighted by atomic mass is 10.1. The van der Waals surface area contributed by atoms with Crippen LogP contribution in [0.2, 0.25) is 0 Å². The van der Waals surface area contributed by atoms with Crippen LogP contribution in [0.4, 0.5) is 10.8 Å². The lowest BCUT2D eigenvalue weighted by Gasteiger charge is -2.02. The van der Waals surface area contributed by atoms with Gasteiger partial charge in [0.05, 0.1) is 26.7 Å². The molecule has 0 atom stereocenters. The molecule has 0 bridgehead atoms.